The summed E-state index contributed by atoms with van der Waals surface area (Å²) in [5.74, 6) is -1.75. The molecule has 3 rings (SSSR count). The Morgan fingerprint density at radius 1 is 1.26 bits per heavy atom. The highest BCUT2D eigenvalue weighted by atomic mass is 16.6. The SMILES string of the molecule is Cc1ccc(C(=O)OCC(=O)N2CCOC2=O)cc1NC(=O)c1ccco1. The molecule has 0 bridgehead atoms. The van der Waals surface area contributed by atoms with Gasteiger partial charge in [0.25, 0.3) is 11.8 Å². The Morgan fingerprint density at radius 2 is 2.07 bits per heavy atom. The quantitative estimate of drug-likeness (QED) is 0.798. The van der Waals surface area contributed by atoms with E-state index in [9.17, 15) is 19.2 Å². The number of hydrogen-bond donors (Lipinski definition) is 1. The van der Waals surface area contributed by atoms with Crippen molar-refractivity contribution in [1.29, 1.82) is 0 Å². The van der Waals surface area contributed by atoms with Gasteiger partial charge in [0.15, 0.2) is 12.4 Å². The third-order valence-corrected chi connectivity index (χ3v) is 3.86. The number of cyclic esters (lactones) is 1. The van der Waals surface area contributed by atoms with Gasteiger partial charge in [0.1, 0.15) is 6.61 Å². The van der Waals surface area contributed by atoms with Gasteiger partial charge in [-0.15, -0.1) is 0 Å². The Balaban J connectivity index is 1.64. The molecule has 9 heteroatoms. The smallest absolute Gasteiger partial charge is 0.416 e. The molecule has 1 aromatic heterocycles. The topological polar surface area (TPSA) is 115 Å². The van der Waals surface area contributed by atoms with E-state index in [4.69, 9.17) is 9.15 Å². The van der Waals surface area contributed by atoms with Crippen molar-refractivity contribution in [1.82, 2.24) is 4.90 Å². The van der Waals surface area contributed by atoms with Crippen molar-refractivity contribution in [3.05, 3.63) is 53.5 Å². The van der Waals surface area contributed by atoms with E-state index in [0.29, 0.717) is 5.69 Å². The van der Waals surface area contributed by atoms with Crippen LogP contribution < -0.4 is 5.32 Å². The predicted molar refractivity (Wildman–Crippen MR) is 91.2 cm³/mol. The number of nitrogens with one attached hydrogen (secondary N) is 1. The summed E-state index contributed by atoms with van der Waals surface area (Å²) in [4.78, 5) is 48.3. The molecule has 2 heterocycles. The third kappa shape index (κ3) is 4.14. The second-order valence-electron chi connectivity index (χ2n) is 5.70. The van der Waals surface area contributed by atoms with E-state index in [1.165, 1.54) is 24.5 Å². The van der Waals surface area contributed by atoms with Gasteiger partial charge in [-0.1, -0.05) is 6.07 Å². The average Bonchev–Trinajstić information content (AvgIpc) is 3.33. The van der Waals surface area contributed by atoms with E-state index in [1.54, 1.807) is 19.1 Å². The van der Waals surface area contributed by atoms with E-state index in [0.717, 1.165) is 10.5 Å². The molecule has 1 aromatic carbocycles. The van der Waals surface area contributed by atoms with Crippen LogP contribution in [0.4, 0.5) is 10.5 Å². The normalized spacial score (nSPS) is 13.2. The van der Waals surface area contributed by atoms with Crippen LogP contribution in [-0.4, -0.2) is 48.5 Å². The predicted octanol–water partition coefficient (Wildman–Crippen LogP) is 1.98. The fourth-order valence-electron chi connectivity index (χ4n) is 2.38. The summed E-state index contributed by atoms with van der Waals surface area (Å²) < 4.78 is 14.6. The first-order chi connectivity index (χ1) is 13.0. The van der Waals surface area contributed by atoms with Gasteiger partial charge in [-0.25, -0.2) is 14.5 Å². The molecule has 0 unspecified atom stereocenters. The largest absolute Gasteiger partial charge is 0.459 e. The van der Waals surface area contributed by atoms with Crippen molar-refractivity contribution >= 4 is 29.6 Å². The van der Waals surface area contributed by atoms with Gasteiger partial charge in [0, 0.05) is 5.69 Å². The second kappa shape index (κ2) is 7.73. The van der Waals surface area contributed by atoms with Crippen LogP contribution in [0.3, 0.4) is 0 Å². The van der Waals surface area contributed by atoms with Crippen LogP contribution in [0, 0.1) is 6.92 Å². The van der Waals surface area contributed by atoms with Crippen LogP contribution in [0.25, 0.3) is 0 Å². The summed E-state index contributed by atoms with van der Waals surface area (Å²) >= 11 is 0. The Labute approximate surface area is 153 Å². The van der Waals surface area contributed by atoms with Crippen LogP contribution in [-0.2, 0) is 14.3 Å². The molecule has 1 saturated heterocycles. The van der Waals surface area contributed by atoms with Gasteiger partial charge in [-0.05, 0) is 36.8 Å². The van der Waals surface area contributed by atoms with E-state index in [2.05, 4.69) is 10.1 Å². The van der Waals surface area contributed by atoms with Crippen LogP contribution in [0.2, 0.25) is 0 Å². The maximum Gasteiger partial charge on any atom is 0.416 e. The molecule has 3 amide bonds. The van der Waals surface area contributed by atoms with Crippen molar-refractivity contribution in [2.75, 3.05) is 25.1 Å². The van der Waals surface area contributed by atoms with E-state index >= 15 is 0 Å². The Kier molecular flexibility index (Phi) is 5.20. The zero-order valence-corrected chi connectivity index (χ0v) is 14.4. The number of amides is 3. The van der Waals surface area contributed by atoms with Gasteiger partial charge < -0.3 is 19.2 Å². The lowest BCUT2D eigenvalue weighted by Gasteiger charge is -2.12. The Bertz CT molecular complexity index is 889. The van der Waals surface area contributed by atoms with Crippen LogP contribution in [0.5, 0.6) is 0 Å². The number of benzene rings is 1. The van der Waals surface area contributed by atoms with Gasteiger partial charge in [-0.3, -0.25) is 9.59 Å². The number of anilines is 1. The molecular weight excluding hydrogens is 356 g/mol. The number of nitrogens with zero attached hydrogens (tertiary/aromatic N) is 1. The molecule has 0 radical (unpaired) electrons. The lowest BCUT2D eigenvalue weighted by molar-refractivity contribution is -0.131. The molecule has 0 spiro atoms. The first-order valence-electron chi connectivity index (χ1n) is 8.05. The first-order valence-corrected chi connectivity index (χ1v) is 8.05. The zero-order chi connectivity index (χ0) is 19.4. The Morgan fingerprint density at radius 3 is 2.74 bits per heavy atom. The molecule has 1 N–H and O–H groups in total. The van der Waals surface area contributed by atoms with Crippen molar-refractivity contribution < 1.29 is 33.1 Å². The van der Waals surface area contributed by atoms with Gasteiger partial charge >= 0.3 is 12.1 Å². The number of rotatable bonds is 5. The number of carbonyl (C=O) groups is 4. The van der Waals surface area contributed by atoms with Gasteiger partial charge in [0.05, 0.1) is 18.4 Å². The van der Waals surface area contributed by atoms with Crippen molar-refractivity contribution in [3.8, 4) is 0 Å². The zero-order valence-electron chi connectivity index (χ0n) is 14.4. The summed E-state index contributed by atoms with van der Waals surface area (Å²) in [7, 11) is 0. The minimum Gasteiger partial charge on any atom is -0.459 e. The number of ether oxygens (including phenoxy) is 2. The lowest BCUT2D eigenvalue weighted by atomic mass is 10.1. The summed E-state index contributed by atoms with van der Waals surface area (Å²) in [6.45, 7) is 1.42. The van der Waals surface area contributed by atoms with E-state index in [1.807, 2.05) is 0 Å². The van der Waals surface area contributed by atoms with Crippen LogP contribution in [0.15, 0.2) is 41.0 Å². The molecule has 2 aromatic rings. The minimum absolute atomic E-state index is 0.120. The summed E-state index contributed by atoms with van der Waals surface area (Å²) in [6.07, 6.45) is 0.622. The van der Waals surface area contributed by atoms with E-state index < -0.39 is 30.5 Å². The number of aryl methyl sites for hydroxylation is 1. The molecule has 140 valence electrons. The number of imide groups is 1. The summed E-state index contributed by atoms with van der Waals surface area (Å²) in [5.41, 5.74) is 1.27. The second-order valence-corrected chi connectivity index (χ2v) is 5.70. The fourth-order valence-corrected chi connectivity index (χ4v) is 2.38. The Hall–Kier alpha value is -3.62. The van der Waals surface area contributed by atoms with Crippen molar-refractivity contribution in [2.24, 2.45) is 0 Å². The highest BCUT2D eigenvalue weighted by molar-refractivity contribution is 6.03. The first kappa shape index (κ1) is 18.2. The van der Waals surface area contributed by atoms with Crippen molar-refractivity contribution in [3.63, 3.8) is 0 Å². The lowest BCUT2D eigenvalue weighted by Crippen LogP contribution is -2.35. The number of carbonyl (C=O) groups excluding carboxylic acids is 4. The van der Waals surface area contributed by atoms with E-state index in [-0.39, 0.29) is 24.5 Å². The molecule has 9 nitrogen and oxygen atoms in total. The maximum atomic E-state index is 12.2. The number of hydrogen-bond acceptors (Lipinski definition) is 7. The van der Waals surface area contributed by atoms with Gasteiger partial charge in [-0.2, -0.15) is 0 Å². The van der Waals surface area contributed by atoms with Gasteiger partial charge in [0.2, 0.25) is 0 Å². The molecule has 0 saturated carbocycles. The molecule has 0 atom stereocenters. The van der Waals surface area contributed by atoms with Crippen molar-refractivity contribution in [2.45, 2.75) is 6.92 Å². The molecule has 27 heavy (non-hydrogen) atoms. The number of furan rings is 1. The molecule has 0 aliphatic carbocycles. The van der Waals surface area contributed by atoms with Crippen LogP contribution in [0.1, 0.15) is 26.5 Å². The minimum atomic E-state index is -0.760. The number of esters is 1. The summed E-state index contributed by atoms with van der Waals surface area (Å²) in [6, 6.07) is 7.68. The molecule has 1 aliphatic heterocycles. The highest BCUT2D eigenvalue weighted by Gasteiger charge is 2.29. The summed E-state index contributed by atoms with van der Waals surface area (Å²) in [5, 5.41) is 2.65. The van der Waals surface area contributed by atoms with Crippen LogP contribution >= 0.6 is 0 Å². The third-order valence-electron chi connectivity index (χ3n) is 3.86. The monoisotopic (exact) mass is 372 g/mol. The highest BCUT2D eigenvalue weighted by Crippen LogP contribution is 2.19. The maximum absolute atomic E-state index is 12.2. The molecule has 1 fully saturated rings. The standard InChI is InChI=1S/C18H16N2O7/c1-11-4-5-12(9-13(11)19-16(22)14-3-2-7-25-14)17(23)27-10-15(21)20-6-8-26-18(20)24/h2-5,7,9H,6,8,10H2,1H3,(H,19,22). The fraction of sp³-hybridized carbons (Fsp3) is 0.222. The average molecular weight is 372 g/mol. The molecule has 1 aliphatic rings. The molecular formula is C18H16N2O7.